The van der Waals surface area contributed by atoms with Crippen LogP contribution >= 0.6 is 0 Å². The van der Waals surface area contributed by atoms with Crippen LogP contribution in [0, 0.1) is 11.3 Å². The van der Waals surface area contributed by atoms with E-state index in [0.717, 1.165) is 0 Å². The maximum Gasteiger partial charge on any atom is 0.336 e. The lowest BCUT2D eigenvalue weighted by Gasteiger charge is -2.01. The Hall–Kier alpha value is -1.89. The minimum Gasteiger partial charge on any atom is -0.478 e. The van der Waals surface area contributed by atoms with Gasteiger partial charge >= 0.3 is 5.97 Å². The predicted octanol–water partition coefficient (Wildman–Crippen LogP) is 1.24. The average Bonchev–Trinajstić information content (AvgIpc) is 2.15. The van der Waals surface area contributed by atoms with Crippen molar-refractivity contribution >= 4 is 5.97 Å². The standard InChI is InChI=1S/C9H8N2O2/c10-4-1-2-7-6-11-5-3-8(7)9(12)13/h3,5-6H,1-2H2,(H,12,13). The zero-order chi connectivity index (χ0) is 9.68. The molecule has 4 heteroatoms. The lowest BCUT2D eigenvalue weighted by Crippen LogP contribution is -2.02. The second-order valence-electron chi connectivity index (χ2n) is 2.50. The molecule has 66 valence electrons. The quantitative estimate of drug-likeness (QED) is 0.751. The second-order valence-corrected chi connectivity index (χ2v) is 2.50. The van der Waals surface area contributed by atoms with Gasteiger partial charge < -0.3 is 5.11 Å². The molecule has 0 amide bonds. The number of hydrogen-bond donors (Lipinski definition) is 1. The molecule has 0 aliphatic rings. The first-order valence-corrected chi connectivity index (χ1v) is 3.79. The molecule has 1 heterocycles. The zero-order valence-corrected chi connectivity index (χ0v) is 6.90. The first-order chi connectivity index (χ1) is 6.25. The van der Waals surface area contributed by atoms with Crippen LogP contribution in [0.25, 0.3) is 0 Å². The molecule has 0 aromatic carbocycles. The van der Waals surface area contributed by atoms with Crippen molar-refractivity contribution in [2.75, 3.05) is 0 Å². The van der Waals surface area contributed by atoms with Gasteiger partial charge in [0.25, 0.3) is 0 Å². The number of nitrogens with zero attached hydrogens (tertiary/aromatic N) is 2. The highest BCUT2D eigenvalue weighted by atomic mass is 16.4. The average molecular weight is 176 g/mol. The lowest BCUT2D eigenvalue weighted by molar-refractivity contribution is 0.0695. The highest BCUT2D eigenvalue weighted by Crippen LogP contribution is 2.08. The number of pyridine rings is 1. The summed E-state index contributed by atoms with van der Waals surface area (Å²) < 4.78 is 0. The van der Waals surface area contributed by atoms with Gasteiger partial charge in [-0.2, -0.15) is 5.26 Å². The summed E-state index contributed by atoms with van der Waals surface area (Å²) in [5.74, 6) is -0.977. The molecule has 0 aliphatic heterocycles. The van der Waals surface area contributed by atoms with E-state index >= 15 is 0 Å². The van der Waals surface area contributed by atoms with E-state index in [2.05, 4.69) is 4.98 Å². The Morgan fingerprint density at radius 2 is 2.46 bits per heavy atom. The topological polar surface area (TPSA) is 74.0 Å². The number of hydrogen-bond acceptors (Lipinski definition) is 3. The van der Waals surface area contributed by atoms with Gasteiger partial charge in [-0.3, -0.25) is 4.98 Å². The summed E-state index contributed by atoms with van der Waals surface area (Å²) in [6, 6.07) is 3.40. The molecule has 0 atom stereocenters. The Bertz CT molecular complexity index is 355. The van der Waals surface area contributed by atoms with Crippen molar-refractivity contribution in [2.45, 2.75) is 12.8 Å². The van der Waals surface area contributed by atoms with Crippen LogP contribution in [0.5, 0.6) is 0 Å². The molecule has 0 saturated heterocycles. The Balaban J connectivity index is 2.92. The molecule has 0 fully saturated rings. The normalized spacial score (nSPS) is 9.15. The van der Waals surface area contributed by atoms with Crippen molar-refractivity contribution in [3.05, 3.63) is 29.6 Å². The molecule has 0 bridgehead atoms. The van der Waals surface area contributed by atoms with Crippen molar-refractivity contribution in [1.29, 1.82) is 5.26 Å². The summed E-state index contributed by atoms with van der Waals surface area (Å²) in [6.07, 6.45) is 3.66. The number of carboxylic acids is 1. The fraction of sp³-hybridized carbons (Fsp3) is 0.222. The third-order valence-corrected chi connectivity index (χ3v) is 1.64. The van der Waals surface area contributed by atoms with E-state index in [1.54, 1.807) is 0 Å². The lowest BCUT2D eigenvalue weighted by atomic mass is 10.1. The Kier molecular flexibility index (Phi) is 2.98. The summed E-state index contributed by atoms with van der Waals surface area (Å²) in [4.78, 5) is 14.5. The maximum atomic E-state index is 10.7. The predicted molar refractivity (Wildman–Crippen MR) is 45.1 cm³/mol. The molecule has 1 rings (SSSR count). The zero-order valence-electron chi connectivity index (χ0n) is 6.90. The molecule has 1 N–H and O–H groups in total. The first kappa shape index (κ1) is 9.20. The molecule has 0 spiro atoms. The number of nitriles is 1. The Morgan fingerprint density at radius 3 is 3.08 bits per heavy atom. The van der Waals surface area contributed by atoms with Crippen LogP contribution in [-0.4, -0.2) is 16.1 Å². The minimum absolute atomic E-state index is 0.227. The van der Waals surface area contributed by atoms with E-state index in [-0.39, 0.29) is 5.56 Å². The molecule has 1 aromatic heterocycles. The van der Waals surface area contributed by atoms with Crippen LogP contribution in [0.3, 0.4) is 0 Å². The fourth-order valence-electron chi connectivity index (χ4n) is 1.03. The Morgan fingerprint density at radius 1 is 1.69 bits per heavy atom. The van der Waals surface area contributed by atoms with Gasteiger partial charge in [-0.15, -0.1) is 0 Å². The Labute approximate surface area is 75.5 Å². The molecule has 0 unspecified atom stereocenters. The second kappa shape index (κ2) is 4.21. The molecule has 13 heavy (non-hydrogen) atoms. The summed E-state index contributed by atoms with van der Waals surface area (Å²) in [5, 5.41) is 17.1. The third kappa shape index (κ3) is 2.27. The van der Waals surface area contributed by atoms with Gasteiger partial charge in [-0.25, -0.2) is 4.79 Å². The van der Waals surface area contributed by atoms with E-state index in [9.17, 15) is 4.79 Å². The fourth-order valence-corrected chi connectivity index (χ4v) is 1.03. The summed E-state index contributed by atoms with van der Waals surface area (Å²) >= 11 is 0. The van der Waals surface area contributed by atoms with E-state index in [4.69, 9.17) is 10.4 Å². The van der Waals surface area contributed by atoms with Crippen molar-refractivity contribution < 1.29 is 9.90 Å². The summed E-state index contributed by atoms with van der Waals surface area (Å²) in [7, 11) is 0. The van der Waals surface area contributed by atoms with Crippen molar-refractivity contribution in [2.24, 2.45) is 0 Å². The summed E-state index contributed by atoms with van der Waals surface area (Å²) in [5.41, 5.74) is 0.835. The maximum absolute atomic E-state index is 10.7. The highest BCUT2D eigenvalue weighted by molar-refractivity contribution is 5.89. The van der Waals surface area contributed by atoms with Gasteiger partial charge in [0.2, 0.25) is 0 Å². The van der Waals surface area contributed by atoms with Crippen molar-refractivity contribution in [1.82, 2.24) is 4.98 Å². The van der Waals surface area contributed by atoms with Crippen LogP contribution in [0.15, 0.2) is 18.5 Å². The van der Waals surface area contributed by atoms with E-state index in [1.807, 2.05) is 6.07 Å². The summed E-state index contributed by atoms with van der Waals surface area (Å²) in [6.45, 7) is 0. The highest BCUT2D eigenvalue weighted by Gasteiger charge is 2.08. The molecule has 0 saturated carbocycles. The smallest absolute Gasteiger partial charge is 0.336 e. The number of aromatic carboxylic acids is 1. The number of carboxylic acid groups (broad SMARTS) is 1. The van der Waals surface area contributed by atoms with Crippen LogP contribution in [0.2, 0.25) is 0 Å². The number of aryl methyl sites for hydroxylation is 1. The minimum atomic E-state index is -0.977. The number of carbonyl (C=O) groups is 1. The van der Waals surface area contributed by atoms with Gasteiger partial charge in [-0.05, 0) is 18.1 Å². The van der Waals surface area contributed by atoms with Crippen molar-refractivity contribution in [3.8, 4) is 6.07 Å². The van der Waals surface area contributed by atoms with Gasteiger partial charge in [0, 0.05) is 18.8 Å². The van der Waals surface area contributed by atoms with Crippen LogP contribution in [0.4, 0.5) is 0 Å². The molecular weight excluding hydrogens is 168 g/mol. The number of aromatic nitrogens is 1. The van der Waals surface area contributed by atoms with E-state index < -0.39 is 5.97 Å². The van der Waals surface area contributed by atoms with Crippen LogP contribution in [0.1, 0.15) is 22.3 Å². The molecule has 0 radical (unpaired) electrons. The molecular formula is C9H8N2O2. The molecule has 0 aliphatic carbocycles. The van der Waals surface area contributed by atoms with E-state index in [0.29, 0.717) is 18.4 Å². The third-order valence-electron chi connectivity index (χ3n) is 1.64. The number of rotatable bonds is 3. The van der Waals surface area contributed by atoms with Gasteiger partial charge in [-0.1, -0.05) is 0 Å². The van der Waals surface area contributed by atoms with Gasteiger partial charge in [0.1, 0.15) is 0 Å². The van der Waals surface area contributed by atoms with Crippen molar-refractivity contribution in [3.63, 3.8) is 0 Å². The van der Waals surface area contributed by atoms with Crippen LogP contribution in [-0.2, 0) is 6.42 Å². The molecule has 1 aromatic rings. The molecule has 4 nitrogen and oxygen atoms in total. The van der Waals surface area contributed by atoms with E-state index in [1.165, 1.54) is 18.5 Å². The first-order valence-electron chi connectivity index (χ1n) is 3.79. The largest absolute Gasteiger partial charge is 0.478 e. The van der Waals surface area contributed by atoms with Gasteiger partial charge in [0.15, 0.2) is 0 Å². The SMILES string of the molecule is N#CCCc1cnccc1C(=O)O. The monoisotopic (exact) mass is 176 g/mol. The van der Waals surface area contributed by atoms with Gasteiger partial charge in [0.05, 0.1) is 11.6 Å². The van der Waals surface area contributed by atoms with Crippen LogP contribution < -0.4 is 0 Å².